The molecule has 0 aromatic carbocycles. The van der Waals surface area contributed by atoms with Crippen LogP contribution in [0.15, 0.2) is 5.11 Å². The third-order valence-electron chi connectivity index (χ3n) is 2.32. The van der Waals surface area contributed by atoms with Gasteiger partial charge in [0.15, 0.2) is 0 Å². The molecule has 0 bridgehead atoms. The fraction of sp³-hybridized carbons (Fsp3) is 1.00. The van der Waals surface area contributed by atoms with Crippen LogP contribution < -0.4 is 0 Å². The summed E-state index contributed by atoms with van der Waals surface area (Å²) in [5.74, 6) is 0. The molecule has 0 saturated carbocycles. The van der Waals surface area contributed by atoms with Gasteiger partial charge in [0.25, 0.3) is 0 Å². The molecule has 13 heteroatoms. The van der Waals surface area contributed by atoms with E-state index in [0.29, 0.717) is 6.54 Å². The lowest BCUT2D eigenvalue weighted by Gasteiger charge is -1.99. The van der Waals surface area contributed by atoms with E-state index >= 15 is 0 Å². The molecule has 0 N–H and O–H groups in total. The molecule has 11 radical (unpaired) electrons. The first-order valence-electron chi connectivity index (χ1n) is 6.61. The lowest BCUT2D eigenvalue weighted by molar-refractivity contribution is 0.724. The topological polar surface area (TPSA) is 48.8 Å². The van der Waals surface area contributed by atoms with Crippen molar-refractivity contribution in [3.8, 4) is 0 Å². The predicted octanol–water partition coefficient (Wildman–Crippen LogP) is -0.913. The Morgan fingerprint density at radius 1 is 0.895 bits per heavy atom. The normalized spacial score (nSPS) is 8.42. The van der Waals surface area contributed by atoms with Gasteiger partial charge >= 0.3 is 0 Å². The van der Waals surface area contributed by atoms with Crippen LogP contribution >= 0.6 is 0 Å². The number of nitrogens with zero attached hydrogens (tertiary/aromatic N) is 3. The molecule has 0 aliphatic carbocycles. The van der Waals surface area contributed by atoms with Crippen LogP contribution in [0.1, 0.15) is 19.3 Å². The fourth-order valence-corrected chi connectivity index (χ4v) is 1.36. The highest BCUT2D eigenvalue weighted by Gasteiger charge is 1.98. The Hall–Kier alpha value is -0.0406. The summed E-state index contributed by atoms with van der Waals surface area (Å²) >= 11 is 0. The van der Waals surface area contributed by atoms with Gasteiger partial charge in [-0.3, -0.25) is 0 Å². The maximum Gasteiger partial charge on any atom is 0.0544 e. The van der Waals surface area contributed by atoms with Gasteiger partial charge < -0.3 is 0 Å². The van der Waals surface area contributed by atoms with Gasteiger partial charge in [0, 0.05) is 75.9 Å². The fourth-order valence-electron chi connectivity index (χ4n) is 1.36. The summed E-state index contributed by atoms with van der Waals surface area (Å²) in [7, 11) is 22.9. The van der Waals surface area contributed by atoms with E-state index in [1.165, 1.54) is 7.06 Å². The Balaban J connectivity index is 2.93. The van der Waals surface area contributed by atoms with Gasteiger partial charge in [-0.2, -0.15) is 0 Å². The summed E-state index contributed by atoms with van der Waals surface area (Å²) in [5, 5.41) is 3.50. The minimum Gasteiger partial charge on any atom is -0.122 e. The molecule has 0 unspecified atom stereocenters. The first-order valence-corrected chi connectivity index (χ1v) is 6.61. The van der Waals surface area contributed by atoms with Crippen molar-refractivity contribution < 1.29 is 0 Å². The molecule has 0 rings (SSSR count). The number of rotatable bonds is 15. The van der Waals surface area contributed by atoms with E-state index in [9.17, 15) is 0 Å². The van der Waals surface area contributed by atoms with E-state index in [1.54, 1.807) is 7.06 Å². The average Bonchev–Trinajstić information content (AvgIpc) is 2.43. The van der Waals surface area contributed by atoms with E-state index in [4.69, 9.17) is 13.3 Å². The summed E-state index contributed by atoms with van der Waals surface area (Å²) < 4.78 is 0. The van der Waals surface area contributed by atoms with E-state index in [1.807, 2.05) is 28.4 Å². The molecule has 0 heterocycles. The highest BCUT2D eigenvalue weighted by Crippen LogP contribution is 1.99. The minimum atomic E-state index is 0.613. The van der Waals surface area contributed by atoms with Crippen LogP contribution in [0, 0.1) is 0 Å². The van der Waals surface area contributed by atoms with E-state index in [2.05, 4.69) is 31.4 Å². The smallest absolute Gasteiger partial charge is 0.0544 e. The van der Waals surface area contributed by atoms with Crippen LogP contribution in [0.25, 0.3) is 10.4 Å². The zero-order valence-electron chi connectivity index (χ0n) is 11.4. The molecule has 0 amide bonds. The van der Waals surface area contributed by atoms with Crippen molar-refractivity contribution in [3.63, 3.8) is 0 Å². The number of hydrogen-bond donors (Lipinski definition) is 0. The molecule has 3 nitrogen and oxygen atoms in total. The molecule has 81 valence electrons. The Morgan fingerprint density at radius 2 is 1.63 bits per heavy atom. The Kier molecular flexibility index (Phi) is 17.9. The largest absolute Gasteiger partial charge is 0.122 e. The van der Waals surface area contributed by atoms with Crippen LogP contribution in [0.4, 0.5) is 0 Å². The third kappa shape index (κ3) is 18.0. The van der Waals surface area contributed by atoms with Crippen LogP contribution in [-0.4, -0.2) is 78.2 Å². The minimum absolute atomic E-state index is 0.613. The lowest BCUT2D eigenvalue weighted by atomic mass is 8.97. The van der Waals surface area contributed by atoms with Crippen LogP contribution in [0.5, 0.6) is 0 Å². The molecule has 0 spiro atoms. The van der Waals surface area contributed by atoms with Crippen molar-refractivity contribution in [2.45, 2.75) is 31.8 Å². The second-order valence-electron chi connectivity index (χ2n) is 3.90. The van der Waals surface area contributed by atoms with Crippen molar-refractivity contribution in [3.05, 3.63) is 10.4 Å². The van der Waals surface area contributed by atoms with Gasteiger partial charge in [-0.05, 0) is 12.0 Å². The van der Waals surface area contributed by atoms with E-state index in [-0.39, 0.29) is 0 Å². The zero-order chi connectivity index (χ0) is 14.0. The van der Waals surface area contributed by atoms with Crippen molar-refractivity contribution in [1.29, 1.82) is 0 Å². The Bertz CT molecular complexity index is 225. The van der Waals surface area contributed by atoms with Crippen LogP contribution in [-0.2, 0) is 0 Å². The Morgan fingerprint density at radius 3 is 2.37 bits per heavy atom. The van der Waals surface area contributed by atoms with Crippen molar-refractivity contribution in [2.75, 3.05) is 6.54 Å². The van der Waals surface area contributed by atoms with Gasteiger partial charge in [-0.15, -0.1) is 6.22 Å². The quantitative estimate of drug-likeness (QED) is 0.116. The molecule has 0 aliphatic rings. The summed E-state index contributed by atoms with van der Waals surface area (Å²) in [6.07, 6.45) is 5.21. The average molecular weight is 234 g/mol. The van der Waals surface area contributed by atoms with Crippen molar-refractivity contribution in [2.24, 2.45) is 5.11 Å². The summed E-state index contributed by atoms with van der Waals surface area (Å²) in [5.41, 5.74) is 8.09. The molecule has 0 aliphatic heterocycles. The summed E-state index contributed by atoms with van der Waals surface area (Å²) in [4.78, 5) is 2.72. The summed E-state index contributed by atoms with van der Waals surface area (Å²) in [6.45, 7) is 0.613. The second-order valence-corrected chi connectivity index (χ2v) is 3.90. The molecule has 0 aromatic rings. The first kappa shape index (κ1) is 19.0. The highest BCUT2D eigenvalue weighted by molar-refractivity contribution is 7.55. The molecule has 0 aromatic heterocycles. The maximum absolute atomic E-state index is 8.09. The lowest BCUT2D eigenvalue weighted by Crippen LogP contribution is -2.26. The van der Waals surface area contributed by atoms with Gasteiger partial charge in [-0.1, -0.05) is 24.3 Å². The molecule has 0 saturated heterocycles. The predicted molar refractivity (Wildman–Crippen MR) is 95.0 cm³/mol. The van der Waals surface area contributed by atoms with E-state index < -0.39 is 0 Å². The third-order valence-corrected chi connectivity index (χ3v) is 2.32. The van der Waals surface area contributed by atoms with Gasteiger partial charge in [-0.25, -0.2) is 0 Å². The van der Waals surface area contributed by atoms with Crippen LogP contribution in [0.2, 0.25) is 12.5 Å². The molecule has 0 fully saturated rings. The number of unbranched alkanes of at least 4 members (excludes halogenated alkanes) is 2. The maximum atomic E-state index is 8.09. The highest BCUT2D eigenvalue weighted by atomic mass is 15.1. The zero-order valence-corrected chi connectivity index (χ0v) is 11.4. The SMILES string of the molecule is [B][B][B][B][B]C[B][B][B][B][B]CCCCCN=[N+]=[N-]. The van der Waals surface area contributed by atoms with Gasteiger partial charge in [0.05, 0.1) is 7.17 Å². The molecule has 0 atom stereocenters. The van der Waals surface area contributed by atoms with Crippen molar-refractivity contribution >= 4 is 71.6 Å². The number of hydrogen-bond acceptors (Lipinski definition) is 1. The monoisotopic (exact) mass is 236 g/mol. The first-order chi connectivity index (χ1) is 9.41. The van der Waals surface area contributed by atoms with Crippen LogP contribution in [0.3, 0.4) is 0 Å². The second kappa shape index (κ2) is 18.0. The summed E-state index contributed by atoms with van der Waals surface area (Å²) in [6, 6.07) is 0. The standard InChI is InChI=1S/C6H12B10N3/c7-11-15-13-9-6-10-14-16-12-8-4-2-1-3-5-18-19-17/h1-6H2. The van der Waals surface area contributed by atoms with E-state index in [0.717, 1.165) is 31.8 Å². The van der Waals surface area contributed by atoms with Crippen molar-refractivity contribution in [1.82, 2.24) is 0 Å². The van der Waals surface area contributed by atoms with Gasteiger partial charge in [0.1, 0.15) is 0 Å². The Labute approximate surface area is 126 Å². The molecule has 19 heavy (non-hydrogen) atoms. The molecular formula is C6H12B10N3. The molecular weight excluding hydrogens is 222 g/mol. The van der Waals surface area contributed by atoms with Gasteiger partial charge in [0.2, 0.25) is 0 Å². The number of azide groups is 1.